The molecule has 4 nitrogen and oxygen atoms in total. The van der Waals surface area contributed by atoms with Gasteiger partial charge in [-0.05, 0) is 30.7 Å². The number of halogens is 2. The van der Waals surface area contributed by atoms with Crippen LogP contribution in [0.5, 0.6) is 0 Å². The van der Waals surface area contributed by atoms with Gasteiger partial charge >= 0.3 is 0 Å². The molecule has 2 aromatic rings. The largest absolute Gasteiger partial charge is 0.381 e. The van der Waals surface area contributed by atoms with E-state index in [-0.39, 0.29) is 10.6 Å². The zero-order chi connectivity index (χ0) is 14.7. The van der Waals surface area contributed by atoms with Crippen molar-refractivity contribution in [3.05, 3.63) is 67.1 Å². The Hall–Kier alpha value is -1.59. The summed E-state index contributed by atoms with van der Waals surface area (Å²) in [6.45, 7) is 2.27. The van der Waals surface area contributed by atoms with Crippen LogP contribution in [0.3, 0.4) is 0 Å². The molecule has 0 saturated carbocycles. The minimum absolute atomic E-state index is 0.116. The quantitative estimate of drug-likeness (QED) is 0.625. The lowest BCUT2D eigenvalue weighted by atomic mass is 10.1. The first-order valence-corrected chi connectivity index (χ1v) is 7.07. The Morgan fingerprint density at radius 2 is 2.05 bits per heavy atom. The maximum absolute atomic E-state index is 10.9. The number of hydrogen-bond acceptors (Lipinski definition) is 3. The predicted octanol–water partition coefficient (Wildman–Crippen LogP) is 4.93. The third-order valence-corrected chi connectivity index (χ3v) is 3.88. The highest BCUT2D eigenvalue weighted by Gasteiger charge is 2.11. The number of benzene rings is 2. The van der Waals surface area contributed by atoms with Gasteiger partial charge in [0.2, 0.25) is 0 Å². The maximum Gasteiger partial charge on any atom is 0.274 e. The lowest BCUT2D eigenvalue weighted by Crippen LogP contribution is -2.01. The Morgan fingerprint density at radius 1 is 1.30 bits per heavy atom. The van der Waals surface area contributed by atoms with Crippen molar-refractivity contribution in [3.63, 3.8) is 0 Å². The van der Waals surface area contributed by atoms with Crippen LogP contribution in [0.25, 0.3) is 0 Å². The molecule has 0 heterocycles. The molecule has 6 heteroatoms. The molecule has 1 N–H and O–H groups in total. The van der Waals surface area contributed by atoms with Gasteiger partial charge < -0.3 is 5.32 Å². The molecule has 2 rings (SSSR count). The Kier molecular flexibility index (Phi) is 4.62. The fourth-order valence-corrected chi connectivity index (χ4v) is 2.60. The molecule has 104 valence electrons. The summed E-state index contributed by atoms with van der Waals surface area (Å²) >= 11 is 9.32. The molecule has 0 radical (unpaired) electrons. The summed E-state index contributed by atoms with van der Waals surface area (Å²) in [4.78, 5) is 10.5. The van der Waals surface area contributed by atoms with E-state index in [9.17, 15) is 10.1 Å². The highest BCUT2D eigenvalue weighted by Crippen LogP contribution is 2.25. The molecule has 0 aromatic heterocycles. The summed E-state index contributed by atoms with van der Waals surface area (Å²) in [6, 6.07) is 10.6. The van der Waals surface area contributed by atoms with Crippen LogP contribution >= 0.6 is 27.5 Å². The van der Waals surface area contributed by atoms with E-state index in [1.807, 2.05) is 18.2 Å². The zero-order valence-corrected chi connectivity index (χ0v) is 13.0. The topological polar surface area (TPSA) is 55.2 Å². The second-order valence-electron chi connectivity index (χ2n) is 4.35. The molecule has 0 aliphatic carbocycles. The standard InChI is InChI=1S/C14H12BrClN2O2/c1-9-2-5-12(7-14(9)18(19)20)17-8-10-3-4-11(16)6-13(10)15/h2-7,17H,8H2,1H3. The summed E-state index contributed by atoms with van der Waals surface area (Å²) in [6.07, 6.45) is 0. The fraction of sp³-hybridized carbons (Fsp3) is 0.143. The maximum atomic E-state index is 10.9. The van der Waals surface area contributed by atoms with Crippen LogP contribution in [0.15, 0.2) is 40.9 Å². The number of nitro groups is 1. The molecule has 2 aromatic carbocycles. The third kappa shape index (κ3) is 3.49. The zero-order valence-electron chi connectivity index (χ0n) is 10.7. The van der Waals surface area contributed by atoms with Crippen molar-refractivity contribution in [1.82, 2.24) is 0 Å². The minimum atomic E-state index is -0.376. The van der Waals surface area contributed by atoms with Crippen molar-refractivity contribution in [1.29, 1.82) is 0 Å². The molecule has 0 fully saturated rings. The molecule has 0 aliphatic rings. The van der Waals surface area contributed by atoms with Crippen LogP contribution in [0, 0.1) is 17.0 Å². The van der Waals surface area contributed by atoms with E-state index in [4.69, 9.17) is 11.6 Å². The van der Waals surface area contributed by atoms with Gasteiger partial charge in [0.05, 0.1) is 4.92 Å². The fourth-order valence-electron chi connectivity index (χ4n) is 1.78. The summed E-state index contributed by atoms with van der Waals surface area (Å²) in [5, 5.41) is 14.7. The van der Waals surface area contributed by atoms with E-state index < -0.39 is 0 Å². The van der Waals surface area contributed by atoms with E-state index in [1.54, 1.807) is 25.1 Å². The number of anilines is 1. The van der Waals surface area contributed by atoms with Gasteiger partial charge in [-0.2, -0.15) is 0 Å². The molecule has 0 spiro atoms. The van der Waals surface area contributed by atoms with E-state index in [0.29, 0.717) is 22.8 Å². The van der Waals surface area contributed by atoms with Gasteiger partial charge in [-0.15, -0.1) is 0 Å². The van der Waals surface area contributed by atoms with Crippen LogP contribution in [-0.4, -0.2) is 4.92 Å². The van der Waals surface area contributed by atoms with Gasteiger partial charge in [0.1, 0.15) is 0 Å². The van der Waals surface area contributed by atoms with Crippen molar-refractivity contribution in [2.75, 3.05) is 5.32 Å². The van der Waals surface area contributed by atoms with Gasteiger partial charge in [0.15, 0.2) is 0 Å². The Labute approximate surface area is 130 Å². The van der Waals surface area contributed by atoms with E-state index >= 15 is 0 Å². The van der Waals surface area contributed by atoms with Crippen LogP contribution in [0.2, 0.25) is 5.02 Å². The molecule has 0 atom stereocenters. The van der Waals surface area contributed by atoms with Crippen LogP contribution in [0.4, 0.5) is 11.4 Å². The van der Waals surface area contributed by atoms with Gasteiger partial charge in [-0.25, -0.2) is 0 Å². The number of rotatable bonds is 4. The second-order valence-corrected chi connectivity index (χ2v) is 5.64. The summed E-state index contributed by atoms with van der Waals surface area (Å²) in [5.41, 5.74) is 2.50. The lowest BCUT2D eigenvalue weighted by molar-refractivity contribution is -0.385. The van der Waals surface area contributed by atoms with Gasteiger partial charge in [-0.3, -0.25) is 10.1 Å². The molecule has 0 bridgehead atoms. The average Bonchev–Trinajstić information content (AvgIpc) is 2.39. The molecule has 0 saturated heterocycles. The number of nitrogens with one attached hydrogen (secondary N) is 1. The number of aryl methyl sites for hydroxylation is 1. The normalized spacial score (nSPS) is 10.3. The van der Waals surface area contributed by atoms with Gasteiger partial charge in [-0.1, -0.05) is 39.7 Å². The van der Waals surface area contributed by atoms with Crippen LogP contribution < -0.4 is 5.32 Å². The Balaban J connectivity index is 2.15. The molecule has 0 amide bonds. The van der Waals surface area contributed by atoms with Crippen molar-refractivity contribution < 1.29 is 4.92 Å². The van der Waals surface area contributed by atoms with Crippen molar-refractivity contribution in [3.8, 4) is 0 Å². The molecule has 20 heavy (non-hydrogen) atoms. The first-order valence-electron chi connectivity index (χ1n) is 5.90. The SMILES string of the molecule is Cc1ccc(NCc2ccc(Cl)cc2Br)cc1[N+](=O)[O-]. The monoisotopic (exact) mass is 354 g/mol. The number of nitrogens with zero attached hydrogens (tertiary/aromatic N) is 1. The summed E-state index contributed by atoms with van der Waals surface area (Å²) in [5.74, 6) is 0. The predicted molar refractivity (Wildman–Crippen MR) is 84.3 cm³/mol. The lowest BCUT2D eigenvalue weighted by Gasteiger charge is -2.09. The summed E-state index contributed by atoms with van der Waals surface area (Å²) in [7, 11) is 0. The first-order chi connectivity index (χ1) is 9.47. The number of nitro benzene ring substituents is 1. The second kappa shape index (κ2) is 6.24. The van der Waals surface area contributed by atoms with Gasteiger partial charge in [0.25, 0.3) is 5.69 Å². The Morgan fingerprint density at radius 3 is 2.70 bits per heavy atom. The molecule has 0 unspecified atom stereocenters. The highest BCUT2D eigenvalue weighted by molar-refractivity contribution is 9.10. The van der Waals surface area contributed by atoms with Crippen LogP contribution in [0.1, 0.15) is 11.1 Å². The number of hydrogen-bond donors (Lipinski definition) is 1. The average molecular weight is 356 g/mol. The van der Waals surface area contributed by atoms with E-state index in [0.717, 1.165) is 10.0 Å². The summed E-state index contributed by atoms with van der Waals surface area (Å²) < 4.78 is 0.902. The highest BCUT2D eigenvalue weighted by atomic mass is 79.9. The van der Waals surface area contributed by atoms with E-state index in [1.165, 1.54) is 0 Å². The smallest absolute Gasteiger partial charge is 0.274 e. The van der Waals surface area contributed by atoms with Crippen molar-refractivity contribution in [2.24, 2.45) is 0 Å². The van der Waals surface area contributed by atoms with Crippen molar-refractivity contribution in [2.45, 2.75) is 13.5 Å². The van der Waals surface area contributed by atoms with E-state index in [2.05, 4.69) is 21.2 Å². The molecular formula is C14H12BrClN2O2. The van der Waals surface area contributed by atoms with Crippen LogP contribution in [-0.2, 0) is 6.54 Å². The molecule has 0 aliphatic heterocycles. The minimum Gasteiger partial charge on any atom is -0.381 e. The van der Waals surface area contributed by atoms with Crippen molar-refractivity contribution >= 4 is 38.9 Å². The molecular weight excluding hydrogens is 344 g/mol. The van der Waals surface area contributed by atoms with Gasteiger partial charge in [0, 0.05) is 33.4 Å². The third-order valence-electron chi connectivity index (χ3n) is 2.90. The first kappa shape index (κ1) is 14.8. The Bertz CT molecular complexity index is 662.